The standard InChI is InChI=1S/C9H13NOS/c1-3-8(5-11)4-9-7(2)10-6-12-9/h4,6,11H,3,5H2,1-2H3/b8-4+. The number of aromatic nitrogens is 1. The van der Waals surface area contributed by atoms with Gasteiger partial charge in [0.05, 0.1) is 17.8 Å². The van der Waals surface area contributed by atoms with E-state index in [4.69, 9.17) is 5.11 Å². The molecule has 2 nitrogen and oxygen atoms in total. The van der Waals surface area contributed by atoms with Crippen molar-refractivity contribution in [1.29, 1.82) is 0 Å². The molecule has 0 bridgehead atoms. The number of nitrogens with zero attached hydrogens (tertiary/aromatic N) is 1. The summed E-state index contributed by atoms with van der Waals surface area (Å²) in [5.41, 5.74) is 3.92. The normalized spacial score (nSPS) is 12.1. The van der Waals surface area contributed by atoms with Gasteiger partial charge in [-0.05, 0) is 25.0 Å². The highest BCUT2D eigenvalue weighted by atomic mass is 32.1. The van der Waals surface area contributed by atoms with Crippen LogP contribution in [0.5, 0.6) is 0 Å². The van der Waals surface area contributed by atoms with E-state index in [0.29, 0.717) is 0 Å². The average Bonchev–Trinajstić information content (AvgIpc) is 2.47. The maximum absolute atomic E-state index is 8.93. The lowest BCUT2D eigenvalue weighted by Crippen LogP contribution is -1.87. The largest absolute Gasteiger partial charge is 0.392 e. The fourth-order valence-electron chi connectivity index (χ4n) is 0.894. The zero-order valence-corrected chi connectivity index (χ0v) is 8.19. The smallest absolute Gasteiger partial charge is 0.0801 e. The van der Waals surface area contributed by atoms with E-state index in [9.17, 15) is 0 Å². The molecule has 0 aliphatic rings. The summed E-state index contributed by atoms with van der Waals surface area (Å²) in [6.45, 7) is 4.17. The van der Waals surface area contributed by atoms with Crippen molar-refractivity contribution in [1.82, 2.24) is 4.98 Å². The van der Waals surface area contributed by atoms with Gasteiger partial charge < -0.3 is 5.11 Å². The molecule has 0 spiro atoms. The van der Waals surface area contributed by atoms with Gasteiger partial charge in [0.2, 0.25) is 0 Å². The Morgan fingerprint density at radius 1 is 1.75 bits per heavy atom. The van der Waals surface area contributed by atoms with Crippen molar-refractivity contribution < 1.29 is 5.11 Å². The molecule has 1 aromatic rings. The predicted octanol–water partition coefficient (Wildman–Crippen LogP) is 2.24. The highest BCUT2D eigenvalue weighted by Gasteiger charge is 1.98. The molecule has 0 aliphatic carbocycles. The number of hydrogen-bond donors (Lipinski definition) is 1. The van der Waals surface area contributed by atoms with Gasteiger partial charge in [0.1, 0.15) is 0 Å². The molecule has 1 aromatic heterocycles. The zero-order valence-electron chi connectivity index (χ0n) is 7.37. The Morgan fingerprint density at radius 2 is 2.50 bits per heavy atom. The van der Waals surface area contributed by atoms with Crippen LogP contribution in [0.2, 0.25) is 0 Å². The van der Waals surface area contributed by atoms with E-state index in [1.54, 1.807) is 11.3 Å². The van der Waals surface area contributed by atoms with E-state index in [2.05, 4.69) is 4.98 Å². The molecule has 0 aromatic carbocycles. The second kappa shape index (κ2) is 4.38. The third kappa shape index (κ3) is 2.16. The van der Waals surface area contributed by atoms with Crippen molar-refractivity contribution in [2.24, 2.45) is 0 Å². The molecule has 12 heavy (non-hydrogen) atoms. The molecule has 1 rings (SSSR count). The van der Waals surface area contributed by atoms with E-state index < -0.39 is 0 Å². The summed E-state index contributed by atoms with van der Waals surface area (Å²) < 4.78 is 0. The van der Waals surface area contributed by atoms with Crippen LogP contribution in [0.4, 0.5) is 0 Å². The molecule has 0 amide bonds. The first-order valence-electron chi connectivity index (χ1n) is 3.98. The molecule has 1 N–H and O–H groups in total. The van der Waals surface area contributed by atoms with Crippen LogP contribution < -0.4 is 0 Å². The van der Waals surface area contributed by atoms with Gasteiger partial charge in [0.25, 0.3) is 0 Å². The Balaban J connectivity index is 2.85. The molecular formula is C9H13NOS. The lowest BCUT2D eigenvalue weighted by atomic mass is 10.2. The van der Waals surface area contributed by atoms with Gasteiger partial charge >= 0.3 is 0 Å². The Bertz CT molecular complexity index is 272. The van der Waals surface area contributed by atoms with Crippen LogP contribution in [-0.2, 0) is 0 Å². The molecule has 66 valence electrons. The number of aryl methyl sites for hydroxylation is 1. The number of thiazole rings is 1. The maximum atomic E-state index is 8.93. The first-order chi connectivity index (χ1) is 5.77. The lowest BCUT2D eigenvalue weighted by Gasteiger charge is -1.97. The second-order valence-corrected chi connectivity index (χ2v) is 3.50. The fraction of sp³-hybridized carbons (Fsp3) is 0.444. The highest BCUT2D eigenvalue weighted by molar-refractivity contribution is 7.10. The van der Waals surface area contributed by atoms with Crippen molar-refractivity contribution in [2.45, 2.75) is 20.3 Å². The van der Waals surface area contributed by atoms with Crippen LogP contribution in [0, 0.1) is 6.92 Å². The number of aliphatic hydroxyl groups is 1. The second-order valence-electron chi connectivity index (χ2n) is 2.62. The predicted molar refractivity (Wildman–Crippen MR) is 52.2 cm³/mol. The summed E-state index contributed by atoms with van der Waals surface area (Å²) in [7, 11) is 0. The van der Waals surface area contributed by atoms with Gasteiger partial charge in [-0.1, -0.05) is 6.92 Å². The fourth-order valence-corrected chi connectivity index (χ4v) is 1.68. The van der Waals surface area contributed by atoms with Crippen LogP contribution in [0.25, 0.3) is 6.08 Å². The lowest BCUT2D eigenvalue weighted by molar-refractivity contribution is 0.329. The third-order valence-electron chi connectivity index (χ3n) is 1.78. The zero-order chi connectivity index (χ0) is 8.97. The number of hydrogen-bond acceptors (Lipinski definition) is 3. The SMILES string of the molecule is CC/C(=C\c1scnc1C)CO. The molecule has 0 saturated carbocycles. The van der Waals surface area contributed by atoms with Crippen molar-refractivity contribution in [2.75, 3.05) is 6.61 Å². The van der Waals surface area contributed by atoms with E-state index >= 15 is 0 Å². The maximum Gasteiger partial charge on any atom is 0.0801 e. The molecule has 0 radical (unpaired) electrons. The number of rotatable bonds is 3. The summed E-state index contributed by atoms with van der Waals surface area (Å²) in [5.74, 6) is 0. The van der Waals surface area contributed by atoms with Crippen LogP contribution in [-0.4, -0.2) is 16.7 Å². The summed E-state index contributed by atoms with van der Waals surface area (Å²) in [4.78, 5) is 5.28. The minimum absolute atomic E-state index is 0.147. The topological polar surface area (TPSA) is 33.1 Å². The van der Waals surface area contributed by atoms with Crippen LogP contribution in [0.3, 0.4) is 0 Å². The van der Waals surface area contributed by atoms with Crippen molar-refractivity contribution >= 4 is 17.4 Å². The summed E-state index contributed by atoms with van der Waals surface area (Å²) in [6, 6.07) is 0. The van der Waals surface area contributed by atoms with Crippen LogP contribution in [0.15, 0.2) is 11.1 Å². The third-order valence-corrected chi connectivity index (χ3v) is 2.65. The molecule has 1 heterocycles. The molecule has 0 saturated heterocycles. The Hall–Kier alpha value is -0.670. The van der Waals surface area contributed by atoms with Crippen LogP contribution >= 0.6 is 11.3 Å². The number of aliphatic hydroxyl groups excluding tert-OH is 1. The van der Waals surface area contributed by atoms with Crippen molar-refractivity contribution in [3.63, 3.8) is 0 Å². The van der Waals surface area contributed by atoms with Crippen LogP contribution in [0.1, 0.15) is 23.9 Å². The van der Waals surface area contributed by atoms with E-state index in [1.807, 2.05) is 25.4 Å². The quantitative estimate of drug-likeness (QED) is 0.779. The van der Waals surface area contributed by atoms with Gasteiger partial charge in [0.15, 0.2) is 0 Å². The highest BCUT2D eigenvalue weighted by Crippen LogP contribution is 2.17. The minimum atomic E-state index is 0.147. The van der Waals surface area contributed by atoms with E-state index in [-0.39, 0.29) is 6.61 Å². The van der Waals surface area contributed by atoms with Crippen molar-refractivity contribution in [3.8, 4) is 0 Å². The average molecular weight is 183 g/mol. The first kappa shape index (κ1) is 9.42. The van der Waals surface area contributed by atoms with Gasteiger partial charge in [-0.15, -0.1) is 11.3 Å². The monoisotopic (exact) mass is 183 g/mol. The van der Waals surface area contributed by atoms with E-state index in [0.717, 1.165) is 22.6 Å². The Kier molecular flexibility index (Phi) is 3.44. The van der Waals surface area contributed by atoms with Gasteiger partial charge in [0, 0.05) is 4.88 Å². The molecule has 0 fully saturated rings. The molecule has 0 unspecified atom stereocenters. The first-order valence-corrected chi connectivity index (χ1v) is 4.86. The molecule has 0 atom stereocenters. The van der Waals surface area contributed by atoms with Crippen molar-refractivity contribution in [3.05, 3.63) is 21.7 Å². The molecule has 3 heteroatoms. The molecule has 0 aliphatic heterocycles. The Morgan fingerprint density at radius 3 is 2.92 bits per heavy atom. The minimum Gasteiger partial charge on any atom is -0.392 e. The van der Waals surface area contributed by atoms with Gasteiger partial charge in [-0.2, -0.15) is 0 Å². The summed E-state index contributed by atoms with van der Waals surface area (Å²) in [6.07, 6.45) is 2.92. The van der Waals surface area contributed by atoms with E-state index in [1.165, 1.54) is 0 Å². The van der Waals surface area contributed by atoms with Gasteiger partial charge in [-0.25, -0.2) is 4.98 Å². The molecular weight excluding hydrogens is 170 g/mol. The summed E-state index contributed by atoms with van der Waals surface area (Å²) in [5, 5.41) is 8.93. The Labute approximate surface area is 76.6 Å². The summed E-state index contributed by atoms with van der Waals surface area (Å²) >= 11 is 1.61. The van der Waals surface area contributed by atoms with Gasteiger partial charge in [-0.3, -0.25) is 0 Å².